The molecule has 1 aliphatic heterocycles. The normalized spacial score (nSPS) is 13.9. The fourth-order valence-corrected chi connectivity index (χ4v) is 2.91. The van der Waals surface area contributed by atoms with Gasteiger partial charge in [0.25, 0.3) is 0 Å². The second-order valence-electron chi connectivity index (χ2n) is 4.24. The number of allylic oxidation sites excluding steroid dienone is 1. The van der Waals surface area contributed by atoms with E-state index >= 15 is 0 Å². The average Bonchev–Trinajstić information content (AvgIpc) is 2.35. The topological polar surface area (TPSA) is 27.0 Å². The summed E-state index contributed by atoms with van der Waals surface area (Å²) in [7, 11) is 0. The van der Waals surface area contributed by atoms with E-state index in [2.05, 4.69) is 37.6 Å². The van der Waals surface area contributed by atoms with E-state index in [0.29, 0.717) is 0 Å². The fraction of sp³-hybridized carbons (Fsp3) is 0.357. The summed E-state index contributed by atoms with van der Waals surface area (Å²) >= 11 is 1.73. The van der Waals surface area contributed by atoms with Gasteiger partial charge in [0.15, 0.2) is 6.19 Å². The van der Waals surface area contributed by atoms with Gasteiger partial charge in [-0.15, -0.1) is 0 Å². The third kappa shape index (κ3) is 2.48. The molecule has 0 spiro atoms. The zero-order valence-corrected chi connectivity index (χ0v) is 11.0. The molecule has 0 unspecified atom stereocenters. The Hall–Kier alpha value is -1.40. The van der Waals surface area contributed by atoms with Crippen molar-refractivity contribution in [1.29, 1.82) is 5.26 Å². The average molecular weight is 244 g/mol. The molecule has 0 bridgehead atoms. The lowest BCUT2D eigenvalue weighted by atomic mass is 10.1. The number of aryl methyl sites for hydroxylation is 1. The van der Waals surface area contributed by atoms with Crippen LogP contribution < -0.4 is 4.90 Å². The molecule has 1 heterocycles. The van der Waals surface area contributed by atoms with Gasteiger partial charge in [-0.3, -0.25) is 4.90 Å². The summed E-state index contributed by atoms with van der Waals surface area (Å²) in [4.78, 5) is 2.94. The molecular formula is C14H16N2S. The molecule has 1 aliphatic rings. The van der Waals surface area contributed by atoms with Crippen molar-refractivity contribution in [2.45, 2.75) is 38.0 Å². The molecule has 0 aliphatic carbocycles. The number of nitrogens with zero attached hydrogens (tertiary/aromatic N) is 2. The first kappa shape index (κ1) is 12.1. The zero-order chi connectivity index (χ0) is 12.3. The van der Waals surface area contributed by atoms with Gasteiger partial charge in [-0.25, -0.2) is 0 Å². The zero-order valence-electron chi connectivity index (χ0n) is 10.2. The number of benzene rings is 1. The van der Waals surface area contributed by atoms with E-state index in [4.69, 9.17) is 0 Å². The summed E-state index contributed by atoms with van der Waals surface area (Å²) in [5.74, 6) is 0. The number of rotatable bonds is 3. The van der Waals surface area contributed by atoms with Gasteiger partial charge in [-0.05, 0) is 42.9 Å². The largest absolute Gasteiger partial charge is 0.250 e. The van der Waals surface area contributed by atoms with Crippen LogP contribution in [-0.2, 0) is 0 Å². The lowest BCUT2D eigenvalue weighted by molar-refractivity contribution is 0.774. The van der Waals surface area contributed by atoms with Crippen LogP contribution in [0.2, 0.25) is 0 Å². The van der Waals surface area contributed by atoms with Crippen LogP contribution in [0.3, 0.4) is 0 Å². The number of hydrogen-bond donors (Lipinski definition) is 0. The molecule has 0 aromatic heterocycles. The van der Waals surface area contributed by atoms with Crippen LogP contribution in [0.25, 0.3) is 0 Å². The molecule has 0 saturated heterocycles. The standard InChI is InChI=1S/C14H16N2S/c1-3-4-5-12-9-17-14-8-11(2)6-7-13(14)16(12)10-15/h6-9H,3-5H2,1-2H3. The second-order valence-corrected chi connectivity index (χ2v) is 5.15. The minimum atomic E-state index is 0.977. The van der Waals surface area contributed by atoms with Crippen molar-refractivity contribution in [3.05, 3.63) is 34.9 Å². The Morgan fingerprint density at radius 2 is 2.24 bits per heavy atom. The van der Waals surface area contributed by atoms with E-state index in [9.17, 15) is 5.26 Å². The van der Waals surface area contributed by atoms with Crippen molar-refractivity contribution in [3.63, 3.8) is 0 Å². The van der Waals surface area contributed by atoms with Gasteiger partial charge in [0.1, 0.15) is 0 Å². The van der Waals surface area contributed by atoms with Crippen LogP contribution in [0.1, 0.15) is 31.7 Å². The third-order valence-corrected chi connectivity index (χ3v) is 3.82. The van der Waals surface area contributed by atoms with Crippen LogP contribution in [0.15, 0.2) is 34.2 Å². The van der Waals surface area contributed by atoms with Gasteiger partial charge in [-0.1, -0.05) is 31.2 Å². The van der Waals surface area contributed by atoms with E-state index in [0.717, 1.165) is 30.6 Å². The Morgan fingerprint density at radius 1 is 1.41 bits per heavy atom. The first-order chi connectivity index (χ1) is 8.26. The number of anilines is 1. The molecule has 1 aromatic carbocycles. The first-order valence-electron chi connectivity index (χ1n) is 5.92. The number of nitriles is 1. The number of unbranched alkanes of at least 4 members (excludes halogenated alkanes) is 1. The molecular weight excluding hydrogens is 228 g/mol. The van der Waals surface area contributed by atoms with Gasteiger partial charge in [0, 0.05) is 10.6 Å². The SMILES string of the molecule is CCCCC1=CSc2cc(C)ccc2N1C#N. The molecule has 0 amide bonds. The number of thioether (sulfide) groups is 1. The Morgan fingerprint density at radius 3 is 2.94 bits per heavy atom. The molecule has 3 heteroatoms. The van der Waals surface area contributed by atoms with Crippen LogP contribution in [0, 0.1) is 18.4 Å². The third-order valence-electron chi connectivity index (χ3n) is 2.85. The second kappa shape index (κ2) is 5.29. The van der Waals surface area contributed by atoms with Crippen LogP contribution in [0.5, 0.6) is 0 Å². The van der Waals surface area contributed by atoms with Crippen molar-refractivity contribution in [2.75, 3.05) is 4.90 Å². The Balaban J connectivity index is 2.30. The fourth-order valence-electron chi connectivity index (χ4n) is 1.89. The quantitative estimate of drug-likeness (QED) is 0.736. The van der Waals surface area contributed by atoms with Crippen LogP contribution in [-0.4, -0.2) is 0 Å². The summed E-state index contributed by atoms with van der Waals surface area (Å²) in [6.07, 6.45) is 5.55. The van der Waals surface area contributed by atoms with Crippen LogP contribution >= 0.6 is 11.8 Å². The molecule has 0 saturated carbocycles. The Labute approximate surface area is 107 Å². The van der Waals surface area contributed by atoms with Crippen molar-refractivity contribution in [3.8, 4) is 6.19 Å². The van der Waals surface area contributed by atoms with Crippen molar-refractivity contribution < 1.29 is 0 Å². The van der Waals surface area contributed by atoms with Crippen LogP contribution in [0.4, 0.5) is 5.69 Å². The van der Waals surface area contributed by atoms with E-state index in [1.54, 1.807) is 16.7 Å². The minimum absolute atomic E-state index is 0.977. The Kier molecular flexibility index (Phi) is 3.75. The van der Waals surface area contributed by atoms with E-state index in [1.807, 2.05) is 6.07 Å². The highest BCUT2D eigenvalue weighted by atomic mass is 32.2. The van der Waals surface area contributed by atoms with Crippen molar-refractivity contribution in [1.82, 2.24) is 0 Å². The van der Waals surface area contributed by atoms with E-state index in [-0.39, 0.29) is 0 Å². The van der Waals surface area contributed by atoms with Crippen molar-refractivity contribution >= 4 is 17.4 Å². The van der Waals surface area contributed by atoms with E-state index in [1.165, 1.54) is 10.5 Å². The summed E-state index contributed by atoms with van der Waals surface area (Å²) in [6.45, 7) is 4.25. The van der Waals surface area contributed by atoms with Gasteiger partial charge in [-0.2, -0.15) is 5.26 Å². The van der Waals surface area contributed by atoms with E-state index < -0.39 is 0 Å². The first-order valence-corrected chi connectivity index (χ1v) is 6.80. The molecule has 2 rings (SSSR count). The highest BCUT2D eigenvalue weighted by molar-refractivity contribution is 8.02. The molecule has 17 heavy (non-hydrogen) atoms. The predicted molar refractivity (Wildman–Crippen MR) is 72.7 cm³/mol. The maximum absolute atomic E-state index is 9.30. The minimum Gasteiger partial charge on any atom is -0.250 e. The molecule has 0 radical (unpaired) electrons. The number of fused-ring (bicyclic) bond motifs is 1. The van der Waals surface area contributed by atoms with Gasteiger partial charge in [0.05, 0.1) is 5.69 Å². The highest BCUT2D eigenvalue weighted by Crippen LogP contribution is 2.39. The monoisotopic (exact) mass is 244 g/mol. The summed E-state index contributed by atoms with van der Waals surface area (Å²) in [5, 5.41) is 11.4. The maximum atomic E-state index is 9.30. The molecule has 88 valence electrons. The molecule has 2 nitrogen and oxygen atoms in total. The van der Waals surface area contributed by atoms with Gasteiger partial charge < -0.3 is 0 Å². The smallest absolute Gasteiger partial charge is 0.189 e. The maximum Gasteiger partial charge on any atom is 0.189 e. The molecule has 0 fully saturated rings. The Bertz CT molecular complexity index is 485. The lowest BCUT2D eigenvalue weighted by Gasteiger charge is -2.25. The highest BCUT2D eigenvalue weighted by Gasteiger charge is 2.19. The molecule has 1 aromatic rings. The molecule has 0 atom stereocenters. The molecule has 0 N–H and O–H groups in total. The van der Waals surface area contributed by atoms with Gasteiger partial charge in [0.2, 0.25) is 0 Å². The summed E-state index contributed by atoms with van der Waals surface area (Å²) in [5.41, 5.74) is 3.38. The predicted octanol–water partition coefficient (Wildman–Crippen LogP) is 4.42. The summed E-state index contributed by atoms with van der Waals surface area (Å²) in [6, 6.07) is 6.24. The van der Waals surface area contributed by atoms with Gasteiger partial charge >= 0.3 is 0 Å². The number of hydrogen-bond acceptors (Lipinski definition) is 3. The van der Waals surface area contributed by atoms with Crippen molar-refractivity contribution in [2.24, 2.45) is 0 Å². The summed E-state index contributed by atoms with van der Waals surface area (Å²) < 4.78 is 0. The lowest BCUT2D eigenvalue weighted by Crippen LogP contribution is -2.18.